The molecule has 0 unspecified atom stereocenters. The van der Waals surface area contributed by atoms with Gasteiger partial charge >= 0.3 is 0 Å². The van der Waals surface area contributed by atoms with Gasteiger partial charge in [0.15, 0.2) is 17.3 Å². The molecule has 12 nitrogen and oxygen atoms in total. The Morgan fingerprint density at radius 3 is 2.59 bits per heavy atom. The van der Waals surface area contributed by atoms with Gasteiger partial charge in [-0.1, -0.05) is 0 Å². The van der Waals surface area contributed by atoms with Gasteiger partial charge in [-0.15, -0.1) is 10.2 Å². The summed E-state index contributed by atoms with van der Waals surface area (Å²) < 4.78 is 19.6. The first-order chi connectivity index (χ1) is 16.6. The highest BCUT2D eigenvalue weighted by atomic mass is 16.5. The predicted octanol–water partition coefficient (Wildman–Crippen LogP) is 2.04. The molecular formula is C22H26N8O4. The summed E-state index contributed by atoms with van der Waals surface area (Å²) in [6.45, 7) is 0.914. The van der Waals surface area contributed by atoms with Gasteiger partial charge in [-0.25, -0.2) is 9.20 Å². The van der Waals surface area contributed by atoms with E-state index in [-0.39, 0.29) is 12.6 Å². The van der Waals surface area contributed by atoms with E-state index in [9.17, 15) is 5.11 Å². The van der Waals surface area contributed by atoms with E-state index >= 15 is 0 Å². The highest BCUT2D eigenvalue weighted by Crippen LogP contribution is 2.39. The molecule has 1 fully saturated rings. The van der Waals surface area contributed by atoms with Crippen molar-refractivity contribution in [3.63, 3.8) is 0 Å². The minimum Gasteiger partial charge on any atom is -0.493 e. The molecule has 1 saturated heterocycles. The Morgan fingerprint density at radius 1 is 1.09 bits per heavy atom. The first-order valence-corrected chi connectivity index (χ1v) is 10.9. The van der Waals surface area contributed by atoms with Gasteiger partial charge in [0.1, 0.15) is 11.8 Å². The minimum atomic E-state index is 0.0406. The number of aliphatic hydroxyl groups excluding tert-OH is 1. The lowest BCUT2D eigenvalue weighted by Gasteiger charge is -2.25. The van der Waals surface area contributed by atoms with E-state index in [1.165, 1.54) is 0 Å². The number of rotatable bonds is 8. The van der Waals surface area contributed by atoms with Crippen molar-refractivity contribution in [1.82, 2.24) is 29.4 Å². The molecule has 1 aromatic carbocycles. The van der Waals surface area contributed by atoms with Gasteiger partial charge in [-0.05, 0) is 25.0 Å². The summed E-state index contributed by atoms with van der Waals surface area (Å²) in [5, 5.41) is 21.9. The third kappa shape index (κ3) is 3.81. The maximum absolute atomic E-state index is 9.79. The largest absolute Gasteiger partial charge is 0.493 e. The van der Waals surface area contributed by atoms with E-state index in [1.807, 2.05) is 18.3 Å². The number of hydrogen-bond donors (Lipinski definition) is 2. The van der Waals surface area contributed by atoms with Gasteiger partial charge in [0, 0.05) is 24.9 Å². The van der Waals surface area contributed by atoms with E-state index in [1.54, 1.807) is 49.0 Å². The van der Waals surface area contributed by atoms with Crippen LogP contribution < -0.4 is 24.4 Å². The average molecular weight is 467 g/mol. The molecule has 1 aliphatic rings. The number of aromatic nitrogens is 6. The minimum absolute atomic E-state index is 0.0406. The third-order valence-electron chi connectivity index (χ3n) is 5.86. The van der Waals surface area contributed by atoms with Crippen LogP contribution in [0.3, 0.4) is 0 Å². The fourth-order valence-corrected chi connectivity index (χ4v) is 4.23. The van der Waals surface area contributed by atoms with Crippen molar-refractivity contribution >= 4 is 23.2 Å². The number of benzene rings is 1. The summed E-state index contributed by atoms with van der Waals surface area (Å²) >= 11 is 0. The Bertz CT molecular complexity index is 1280. The number of aliphatic hydroxyl groups is 1. The molecule has 0 aliphatic carbocycles. The zero-order chi connectivity index (χ0) is 23.7. The second kappa shape index (κ2) is 9.06. The molecule has 3 aromatic heterocycles. The Kier molecular flexibility index (Phi) is 5.80. The SMILES string of the molecule is COc1cc(-n2cnc(Nc3nc(N4CCC[C@H]4CO)c4cccn4n3)n2)cc(OC)c1OC. The van der Waals surface area contributed by atoms with Crippen LogP contribution in [-0.2, 0) is 0 Å². The summed E-state index contributed by atoms with van der Waals surface area (Å²) in [6.07, 6.45) is 5.36. The molecule has 178 valence electrons. The summed E-state index contributed by atoms with van der Waals surface area (Å²) in [4.78, 5) is 11.2. The molecule has 2 N–H and O–H groups in total. The van der Waals surface area contributed by atoms with Crippen LogP contribution in [0.2, 0.25) is 0 Å². The van der Waals surface area contributed by atoms with Crippen molar-refractivity contribution in [3.8, 4) is 22.9 Å². The van der Waals surface area contributed by atoms with Gasteiger partial charge < -0.3 is 24.2 Å². The van der Waals surface area contributed by atoms with E-state index < -0.39 is 0 Å². The summed E-state index contributed by atoms with van der Waals surface area (Å²) in [5.41, 5.74) is 1.56. The van der Waals surface area contributed by atoms with Crippen LogP contribution in [0.15, 0.2) is 36.8 Å². The Balaban J connectivity index is 1.46. The number of nitrogens with zero attached hydrogens (tertiary/aromatic N) is 7. The molecular weight excluding hydrogens is 440 g/mol. The lowest BCUT2D eigenvalue weighted by Crippen LogP contribution is -2.33. The quantitative estimate of drug-likeness (QED) is 0.399. The molecule has 1 atom stereocenters. The van der Waals surface area contributed by atoms with Crippen LogP contribution in [0.25, 0.3) is 11.2 Å². The zero-order valence-electron chi connectivity index (χ0n) is 19.2. The molecule has 1 aliphatic heterocycles. The molecule has 0 spiro atoms. The maximum Gasteiger partial charge on any atom is 0.249 e. The number of ether oxygens (including phenoxy) is 3. The molecule has 34 heavy (non-hydrogen) atoms. The predicted molar refractivity (Wildman–Crippen MR) is 125 cm³/mol. The summed E-state index contributed by atoms with van der Waals surface area (Å²) in [5.74, 6) is 2.96. The van der Waals surface area contributed by atoms with Crippen LogP contribution in [0.4, 0.5) is 17.7 Å². The first kappa shape index (κ1) is 21.8. The molecule has 0 amide bonds. The number of methoxy groups -OCH3 is 3. The van der Waals surface area contributed by atoms with Crippen molar-refractivity contribution < 1.29 is 19.3 Å². The second-order valence-corrected chi connectivity index (χ2v) is 7.79. The molecule has 12 heteroatoms. The number of anilines is 3. The first-order valence-electron chi connectivity index (χ1n) is 10.9. The van der Waals surface area contributed by atoms with Gasteiger partial charge in [0.2, 0.25) is 17.6 Å². The highest BCUT2D eigenvalue weighted by molar-refractivity contribution is 5.71. The lowest BCUT2D eigenvalue weighted by atomic mass is 10.2. The van der Waals surface area contributed by atoms with Crippen molar-refractivity contribution in [2.45, 2.75) is 18.9 Å². The molecule has 4 heterocycles. The normalized spacial score (nSPS) is 15.6. The summed E-state index contributed by atoms with van der Waals surface area (Å²) in [6, 6.07) is 7.48. The number of nitrogens with one attached hydrogen (secondary N) is 1. The van der Waals surface area contributed by atoms with Crippen molar-refractivity contribution in [2.24, 2.45) is 0 Å². The highest BCUT2D eigenvalue weighted by Gasteiger charge is 2.27. The van der Waals surface area contributed by atoms with Crippen LogP contribution in [0.1, 0.15) is 12.8 Å². The van der Waals surface area contributed by atoms with Gasteiger partial charge in [0.25, 0.3) is 0 Å². The van der Waals surface area contributed by atoms with Gasteiger partial charge in [0.05, 0.1) is 39.7 Å². The van der Waals surface area contributed by atoms with Gasteiger partial charge in [-0.3, -0.25) is 5.32 Å². The smallest absolute Gasteiger partial charge is 0.249 e. The van der Waals surface area contributed by atoms with Crippen LogP contribution >= 0.6 is 0 Å². The van der Waals surface area contributed by atoms with E-state index in [0.717, 1.165) is 30.7 Å². The molecule has 4 aromatic rings. The summed E-state index contributed by atoms with van der Waals surface area (Å²) in [7, 11) is 4.67. The molecule has 0 saturated carbocycles. The molecule has 0 radical (unpaired) electrons. The van der Waals surface area contributed by atoms with E-state index in [4.69, 9.17) is 19.2 Å². The Labute approximate surface area is 195 Å². The van der Waals surface area contributed by atoms with Crippen molar-refractivity contribution in [3.05, 3.63) is 36.8 Å². The maximum atomic E-state index is 9.79. The number of fused-ring (bicyclic) bond motifs is 1. The Hall–Kier alpha value is -4.06. The van der Waals surface area contributed by atoms with Crippen molar-refractivity contribution in [2.75, 3.05) is 44.7 Å². The monoisotopic (exact) mass is 466 g/mol. The number of hydrogen-bond acceptors (Lipinski definition) is 10. The van der Waals surface area contributed by atoms with Gasteiger partial charge in [-0.2, -0.15) is 9.97 Å². The fourth-order valence-electron chi connectivity index (χ4n) is 4.23. The van der Waals surface area contributed by atoms with Crippen molar-refractivity contribution in [1.29, 1.82) is 0 Å². The average Bonchev–Trinajstić information content (AvgIpc) is 3.63. The van der Waals surface area contributed by atoms with Crippen LogP contribution in [0, 0.1) is 0 Å². The second-order valence-electron chi connectivity index (χ2n) is 7.79. The fraction of sp³-hybridized carbons (Fsp3) is 0.364. The standard InChI is InChI=1S/C22H26N8O4/c1-32-17-10-15(11-18(33-2)19(17)34-3)30-13-23-21(26-30)25-22-24-20(16-7-5-9-29(16)27-22)28-8-4-6-14(28)12-31/h5,7,9-11,13-14,31H,4,6,8,12H2,1-3H3,(H,25,26,27)/t14-/m0/s1. The molecule has 5 rings (SSSR count). The lowest BCUT2D eigenvalue weighted by molar-refractivity contribution is 0.266. The topological polar surface area (TPSA) is 124 Å². The Morgan fingerprint density at radius 2 is 1.88 bits per heavy atom. The molecule has 0 bridgehead atoms. The van der Waals surface area contributed by atoms with Crippen LogP contribution in [0.5, 0.6) is 17.2 Å². The van der Waals surface area contributed by atoms with E-state index in [0.29, 0.717) is 34.8 Å². The zero-order valence-corrected chi connectivity index (χ0v) is 19.2. The third-order valence-corrected chi connectivity index (χ3v) is 5.86. The van der Waals surface area contributed by atoms with Crippen LogP contribution in [-0.4, -0.2) is 75.0 Å². The van der Waals surface area contributed by atoms with E-state index in [2.05, 4.69) is 25.4 Å².